The predicted octanol–water partition coefficient (Wildman–Crippen LogP) is 3.34. The number of nitrogens with zero attached hydrogens (tertiary/aromatic N) is 2. The number of hydrogen-bond acceptors (Lipinski definition) is 4. The number of carbonyl (C=O) groups is 1. The van der Waals surface area contributed by atoms with Gasteiger partial charge in [0.2, 0.25) is 15.9 Å². The van der Waals surface area contributed by atoms with Crippen molar-refractivity contribution in [2.45, 2.75) is 16.3 Å². The first-order valence-electron chi connectivity index (χ1n) is 7.83. The Kier molecular flexibility index (Phi) is 7.11. The molecule has 0 atom stereocenters. The summed E-state index contributed by atoms with van der Waals surface area (Å²) in [5.41, 5.74) is 0.988. The van der Waals surface area contributed by atoms with Gasteiger partial charge < -0.3 is 4.90 Å². The second kappa shape index (κ2) is 8.90. The third kappa shape index (κ3) is 5.23. The van der Waals surface area contributed by atoms with Crippen LogP contribution in [0.3, 0.4) is 0 Å². The summed E-state index contributed by atoms with van der Waals surface area (Å²) in [5.74, 6) is -0.279. The topological polar surface area (TPSA) is 57.7 Å². The Bertz CT molecular complexity index is 853. The van der Waals surface area contributed by atoms with Gasteiger partial charge in [0.25, 0.3) is 0 Å². The van der Waals surface area contributed by atoms with Gasteiger partial charge >= 0.3 is 0 Å². The van der Waals surface area contributed by atoms with Crippen LogP contribution in [0, 0.1) is 0 Å². The number of thioether (sulfide) groups is 1. The maximum absolute atomic E-state index is 12.5. The smallest absolute Gasteiger partial charge is 0.243 e. The van der Waals surface area contributed by atoms with Gasteiger partial charge in [-0.15, -0.1) is 11.8 Å². The van der Waals surface area contributed by atoms with E-state index in [-0.39, 0.29) is 17.3 Å². The summed E-state index contributed by atoms with van der Waals surface area (Å²) < 4.78 is 26.1. The maximum Gasteiger partial charge on any atom is 0.243 e. The summed E-state index contributed by atoms with van der Waals surface area (Å²) in [7, 11) is -0.690. The molecule has 0 heterocycles. The van der Waals surface area contributed by atoms with Crippen LogP contribution < -0.4 is 0 Å². The van der Waals surface area contributed by atoms with Crippen molar-refractivity contribution in [1.82, 2.24) is 9.21 Å². The van der Waals surface area contributed by atoms with Crippen molar-refractivity contribution in [3.05, 3.63) is 59.1 Å². The molecule has 0 aliphatic rings. The van der Waals surface area contributed by atoms with E-state index in [1.165, 1.54) is 36.2 Å². The first kappa shape index (κ1) is 20.8. The van der Waals surface area contributed by atoms with Gasteiger partial charge in [-0.05, 0) is 48.2 Å². The second-order valence-corrected chi connectivity index (χ2v) is 9.17. The molecular weight excluding hydrogens is 392 g/mol. The van der Waals surface area contributed by atoms with Crippen molar-refractivity contribution in [2.75, 3.05) is 26.9 Å². The second-order valence-electron chi connectivity index (χ2n) is 5.81. The molecule has 0 aliphatic carbocycles. The van der Waals surface area contributed by atoms with Gasteiger partial charge in [-0.2, -0.15) is 4.31 Å². The van der Waals surface area contributed by atoms with E-state index in [0.29, 0.717) is 11.6 Å². The lowest BCUT2D eigenvalue weighted by molar-refractivity contribution is -0.130. The molecule has 0 unspecified atom stereocenters. The minimum Gasteiger partial charge on any atom is -0.340 e. The number of sulfonamides is 1. The lowest BCUT2D eigenvalue weighted by Gasteiger charge is -2.22. The molecule has 5 nitrogen and oxygen atoms in total. The first-order chi connectivity index (χ1) is 12.2. The van der Waals surface area contributed by atoms with Crippen LogP contribution in [0.4, 0.5) is 0 Å². The normalized spacial score (nSPS) is 11.6. The van der Waals surface area contributed by atoms with Crippen LogP contribution in [0.15, 0.2) is 58.3 Å². The van der Waals surface area contributed by atoms with Crippen molar-refractivity contribution >= 4 is 39.3 Å². The van der Waals surface area contributed by atoms with Crippen LogP contribution >= 0.6 is 23.4 Å². The van der Waals surface area contributed by atoms with E-state index in [0.717, 1.165) is 14.8 Å². The Morgan fingerprint density at radius 1 is 1.04 bits per heavy atom. The minimum atomic E-state index is -3.74. The molecule has 0 saturated carbocycles. The standard InChI is InChI=1S/C18H21ClN2O3S2/c1-20(12-14-4-8-16(25-3)9-5-14)18(22)13-21(2)26(23,24)17-10-6-15(19)7-11-17/h4-11H,12-13H2,1-3H3. The first-order valence-corrected chi connectivity index (χ1v) is 10.9. The molecule has 8 heteroatoms. The average Bonchev–Trinajstić information content (AvgIpc) is 2.62. The number of halogens is 1. The molecular formula is C18H21ClN2O3S2. The van der Waals surface area contributed by atoms with Crippen LogP contribution in [-0.4, -0.2) is 50.4 Å². The Labute approximate surface area is 164 Å². The third-order valence-electron chi connectivity index (χ3n) is 3.88. The highest BCUT2D eigenvalue weighted by molar-refractivity contribution is 7.98. The lowest BCUT2D eigenvalue weighted by atomic mass is 10.2. The number of amides is 1. The lowest BCUT2D eigenvalue weighted by Crippen LogP contribution is -2.39. The molecule has 2 aromatic carbocycles. The summed E-state index contributed by atoms with van der Waals surface area (Å²) in [6.45, 7) is 0.187. The van der Waals surface area contributed by atoms with Gasteiger partial charge in [-0.1, -0.05) is 23.7 Å². The minimum absolute atomic E-state index is 0.104. The van der Waals surface area contributed by atoms with E-state index < -0.39 is 10.0 Å². The molecule has 0 radical (unpaired) electrons. The van der Waals surface area contributed by atoms with Crippen LogP contribution in [0.25, 0.3) is 0 Å². The number of carbonyl (C=O) groups excluding carboxylic acids is 1. The van der Waals surface area contributed by atoms with Crippen molar-refractivity contribution in [3.8, 4) is 0 Å². The molecule has 0 saturated heterocycles. The molecule has 140 valence electrons. The summed E-state index contributed by atoms with van der Waals surface area (Å²) in [6, 6.07) is 13.8. The zero-order valence-electron chi connectivity index (χ0n) is 14.8. The molecule has 0 aromatic heterocycles. The highest BCUT2D eigenvalue weighted by atomic mass is 35.5. The molecule has 0 aliphatic heterocycles. The van der Waals surface area contributed by atoms with Crippen molar-refractivity contribution in [3.63, 3.8) is 0 Å². The molecule has 0 bridgehead atoms. The molecule has 2 aromatic rings. The largest absolute Gasteiger partial charge is 0.340 e. The quantitative estimate of drug-likeness (QED) is 0.654. The Balaban J connectivity index is 2.01. The van der Waals surface area contributed by atoms with Gasteiger partial charge in [0.05, 0.1) is 11.4 Å². The summed E-state index contributed by atoms with van der Waals surface area (Å²) in [5, 5.41) is 0.454. The summed E-state index contributed by atoms with van der Waals surface area (Å²) >= 11 is 7.44. The molecule has 1 amide bonds. The summed E-state index contributed by atoms with van der Waals surface area (Å²) in [4.78, 5) is 15.2. The highest BCUT2D eigenvalue weighted by Crippen LogP contribution is 2.18. The number of benzene rings is 2. The van der Waals surface area contributed by atoms with Crippen molar-refractivity contribution < 1.29 is 13.2 Å². The van der Waals surface area contributed by atoms with E-state index in [1.807, 2.05) is 30.5 Å². The van der Waals surface area contributed by atoms with Crippen LogP contribution in [-0.2, 0) is 21.4 Å². The van der Waals surface area contributed by atoms with E-state index in [2.05, 4.69) is 0 Å². The fraction of sp³-hybridized carbons (Fsp3) is 0.278. The SMILES string of the molecule is CSc1ccc(CN(C)C(=O)CN(C)S(=O)(=O)c2ccc(Cl)cc2)cc1. The molecule has 0 fully saturated rings. The van der Waals surface area contributed by atoms with Crippen molar-refractivity contribution in [2.24, 2.45) is 0 Å². The predicted molar refractivity (Wildman–Crippen MR) is 106 cm³/mol. The van der Waals surface area contributed by atoms with Crippen molar-refractivity contribution in [1.29, 1.82) is 0 Å². The number of likely N-dealkylation sites (N-methyl/N-ethyl adjacent to an activating group) is 2. The van der Waals surface area contributed by atoms with E-state index in [9.17, 15) is 13.2 Å². The van der Waals surface area contributed by atoms with Crippen LogP contribution in [0.2, 0.25) is 5.02 Å². The zero-order valence-corrected chi connectivity index (χ0v) is 17.2. The van der Waals surface area contributed by atoms with E-state index in [1.54, 1.807) is 18.8 Å². The van der Waals surface area contributed by atoms with E-state index >= 15 is 0 Å². The van der Waals surface area contributed by atoms with Gasteiger partial charge in [0.15, 0.2) is 0 Å². The number of hydrogen-bond donors (Lipinski definition) is 0. The fourth-order valence-corrected chi connectivity index (χ4v) is 3.93. The number of rotatable bonds is 7. The molecule has 2 rings (SSSR count). The van der Waals surface area contributed by atoms with Gasteiger partial charge in [-0.25, -0.2) is 8.42 Å². The fourth-order valence-electron chi connectivity index (χ4n) is 2.28. The van der Waals surface area contributed by atoms with Crippen LogP contribution in [0.1, 0.15) is 5.56 Å². The summed E-state index contributed by atoms with van der Waals surface area (Å²) in [6.07, 6.45) is 2.00. The monoisotopic (exact) mass is 412 g/mol. The molecule has 26 heavy (non-hydrogen) atoms. The van der Waals surface area contributed by atoms with Gasteiger partial charge in [-0.3, -0.25) is 4.79 Å². The van der Waals surface area contributed by atoms with Gasteiger partial charge in [0, 0.05) is 30.6 Å². The Hall–Kier alpha value is -1.54. The van der Waals surface area contributed by atoms with E-state index in [4.69, 9.17) is 11.6 Å². The molecule has 0 spiro atoms. The highest BCUT2D eigenvalue weighted by Gasteiger charge is 2.24. The van der Waals surface area contributed by atoms with Gasteiger partial charge in [0.1, 0.15) is 0 Å². The Morgan fingerprint density at radius 3 is 2.15 bits per heavy atom. The average molecular weight is 413 g/mol. The molecule has 0 N–H and O–H groups in total. The Morgan fingerprint density at radius 2 is 1.62 bits per heavy atom. The third-order valence-corrected chi connectivity index (χ3v) is 6.70. The zero-order chi connectivity index (χ0) is 19.3. The maximum atomic E-state index is 12.5. The van der Waals surface area contributed by atoms with Crippen LogP contribution in [0.5, 0.6) is 0 Å².